The molecule has 3 nitrogen and oxygen atoms in total. The van der Waals surface area contributed by atoms with Gasteiger partial charge in [-0.3, -0.25) is 0 Å². The van der Waals surface area contributed by atoms with E-state index in [2.05, 4.69) is 41.9 Å². The average Bonchev–Trinajstić information content (AvgIpc) is 2.73. The van der Waals surface area contributed by atoms with Crippen molar-refractivity contribution in [1.82, 2.24) is 14.6 Å². The van der Waals surface area contributed by atoms with E-state index in [9.17, 15) is 13.2 Å². The summed E-state index contributed by atoms with van der Waals surface area (Å²) in [5.41, 5.74) is 0.579. The van der Waals surface area contributed by atoms with Gasteiger partial charge in [-0.15, -0.1) is 0 Å². The van der Waals surface area contributed by atoms with Crippen LogP contribution in [-0.4, -0.2) is 14.6 Å². The Labute approximate surface area is 140 Å². The molecular weight excluding hydrogens is 427 g/mol. The van der Waals surface area contributed by atoms with Crippen molar-refractivity contribution in [3.05, 3.63) is 50.7 Å². The van der Waals surface area contributed by atoms with Crippen LogP contribution >= 0.6 is 31.9 Å². The molecule has 0 aliphatic rings. The Morgan fingerprint density at radius 3 is 2.32 bits per heavy atom. The van der Waals surface area contributed by atoms with Gasteiger partial charge in [0.1, 0.15) is 0 Å². The van der Waals surface area contributed by atoms with Gasteiger partial charge in [0.2, 0.25) is 0 Å². The van der Waals surface area contributed by atoms with Crippen LogP contribution < -0.4 is 0 Å². The van der Waals surface area contributed by atoms with E-state index >= 15 is 0 Å². The molecule has 0 aliphatic carbocycles. The molecule has 3 rings (SSSR count). The summed E-state index contributed by atoms with van der Waals surface area (Å²) in [6.07, 6.45) is -4.52. The lowest BCUT2D eigenvalue weighted by Crippen LogP contribution is -2.13. The minimum absolute atomic E-state index is 0.144. The van der Waals surface area contributed by atoms with E-state index in [0.717, 1.165) is 15.1 Å². The maximum atomic E-state index is 13.3. The Morgan fingerprint density at radius 2 is 1.73 bits per heavy atom. The number of hydrogen-bond acceptors (Lipinski definition) is 2. The van der Waals surface area contributed by atoms with Crippen molar-refractivity contribution in [3.63, 3.8) is 0 Å². The fourth-order valence-electron chi connectivity index (χ4n) is 2.07. The molecule has 0 amide bonds. The molecule has 0 N–H and O–H groups in total. The molecule has 22 heavy (non-hydrogen) atoms. The second-order valence-corrected chi connectivity index (χ2v) is 6.37. The Hall–Kier alpha value is -1.41. The maximum absolute atomic E-state index is 13.3. The zero-order chi connectivity index (χ0) is 16.1. The number of hydrogen-bond donors (Lipinski definition) is 0. The Morgan fingerprint density at radius 1 is 1.09 bits per heavy atom. The average molecular weight is 435 g/mol. The summed E-state index contributed by atoms with van der Waals surface area (Å²) < 4.78 is 42.0. The molecule has 0 bridgehead atoms. The number of alkyl halides is 3. The van der Waals surface area contributed by atoms with Crippen LogP contribution in [0.1, 0.15) is 11.4 Å². The third kappa shape index (κ3) is 2.65. The van der Waals surface area contributed by atoms with Crippen LogP contribution in [0.15, 0.2) is 39.3 Å². The summed E-state index contributed by atoms with van der Waals surface area (Å²) in [6.45, 7) is 1.62. The van der Waals surface area contributed by atoms with Gasteiger partial charge in [-0.05, 0) is 41.1 Å². The van der Waals surface area contributed by atoms with Gasteiger partial charge in [0.25, 0.3) is 0 Å². The lowest BCUT2D eigenvalue weighted by Gasteiger charge is -2.11. The predicted molar refractivity (Wildman–Crippen MR) is 83.6 cm³/mol. The minimum Gasteiger partial charge on any atom is -0.227 e. The molecule has 0 saturated heterocycles. The first kappa shape index (κ1) is 15.5. The molecule has 114 valence electrons. The van der Waals surface area contributed by atoms with E-state index in [4.69, 9.17) is 0 Å². The smallest absolute Gasteiger partial charge is 0.227 e. The first-order valence-corrected chi connectivity index (χ1v) is 7.75. The van der Waals surface area contributed by atoms with E-state index in [1.807, 2.05) is 0 Å². The van der Waals surface area contributed by atoms with Crippen molar-refractivity contribution in [3.8, 4) is 11.3 Å². The zero-order valence-corrected chi connectivity index (χ0v) is 14.3. The molecule has 0 atom stereocenters. The summed E-state index contributed by atoms with van der Waals surface area (Å²) in [4.78, 5) is 4.31. The van der Waals surface area contributed by atoms with E-state index in [0.29, 0.717) is 15.7 Å². The zero-order valence-electron chi connectivity index (χ0n) is 11.1. The molecule has 2 heterocycles. The van der Waals surface area contributed by atoms with Gasteiger partial charge in [-0.25, -0.2) is 9.50 Å². The highest BCUT2D eigenvalue weighted by atomic mass is 79.9. The molecule has 3 aromatic rings. The second kappa shape index (κ2) is 5.34. The lowest BCUT2D eigenvalue weighted by atomic mass is 10.1. The number of fused-ring (bicyclic) bond motifs is 1. The van der Waals surface area contributed by atoms with Crippen LogP contribution in [0.2, 0.25) is 0 Å². The first-order valence-electron chi connectivity index (χ1n) is 6.16. The highest BCUT2D eigenvalue weighted by Gasteiger charge is 2.35. The molecule has 0 fully saturated rings. The summed E-state index contributed by atoms with van der Waals surface area (Å²) in [6, 6.07) is 7.94. The van der Waals surface area contributed by atoms with Crippen molar-refractivity contribution in [2.45, 2.75) is 13.1 Å². The summed E-state index contributed by atoms with van der Waals surface area (Å²) >= 11 is 6.55. The number of aromatic nitrogens is 3. The van der Waals surface area contributed by atoms with E-state index in [1.165, 1.54) is 0 Å². The standard InChI is InChI=1S/C14H8Br2F3N3/c1-7-12(16)13-20-10(8-2-4-9(15)5-3-8)6-11(14(17,18)19)22(13)21-7/h2-6H,1H3. The quantitative estimate of drug-likeness (QED) is 0.523. The Kier molecular flexibility index (Phi) is 3.76. The molecule has 0 unspecified atom stereocenters. The lowest BCUT2D eigenvalue weighted by molar-refractivity contribution is -0.142. The third-order valence-corrected chi connectivity index (χ3v) is 4.58. The van der Waals surface area contributed by atoms with Gasteiger partial charge < -0.3 is 0 Å². The van der Waals surface area contributed by atoms with Crippen molar-refractivity contribution in [2.24, 2.45) is 0 Å². The highest BCUT2D eigenvalue weighted by Crippen LogP contribution is 2.34. The van der Waals surface area contributed by atoms with Crippen molar-refractivity contribution >= 4 is 37.5 Å². The molecule has 0 saturated carbocycles. The summed E-state index contributed by atoms with van der Waals surface area (Å²) in [7, 11) is 0. The normalized spacial score (nSPS) is 12.1. The van der Waals surface area contributed by atoms with Crippen LogP contribution in [-0.2, 0) is 6.18 Å². The predicted octanol–water partition coefficient (Wildman–Crippen LogP) is 5.25. The number of halogens is 5. The highest BCUT2D eigenvalue weighted by molar-refractivity contribution is 9.11. The topological polar surface area (TPSA) is 30.2 Å². The number of benzene rings is 1. The summed E-state index contributed by atoms with van der Waals surface area (Å²) in [5, 5.41) is 3.91. The van der Waals surface area contributed by atoms with Crippen LogP contribution in [0.5, 0.6) is 0 Å². The van der Waals surface area contributed by atoms with Gasteiger partial charge in [0, 0.05) is 10.0 Å². The van der Waals surface area contributed by atoms with Crippen molar-refractivity contribution in [2.75, 3.05) is 0 Å². The summed E-state index contributed by atoms with van der Waals surface area (Å²) in [5.74, 6) is 0. The number of aryl methyl sites for hydroxylation is 1. The van der Waals surface area contributed by atoms with Gasteiger partial charge in [0.15, 0.2) is 11.3 Å². The van der Waals surface area contributed by atoms with E-state index < -0.39 is 11.9 Å². The largest absolute Gasteiger partial charge is 0.433 e. The van der Waals surface area contributed by atoms with Crippen molar-refractivity contribution < 1.29 is 13.2 Å². The molecule has 0 radical (unpaired) electrons. The van der Waals surface area contributed by atoms with Crippen LogP contribution in [0.4, 0.5) is 13.2 Å². The fraction of sp³-hybridized carbons (Fsp3) is 0.143. The Balaban J connectivity index is 2.33. The molecule has 1 aromatic carbocycles. The third-order valence-electron chi connectivity index (χ3n) is 3.12. The Bertz CT molecular complexity index is 854. The molecular formula is C14H8Br2F3N3. The fourth-order valence-corrected chi connectivity index (χ4v) is 2.67. The number of rotatable bonds is 1. The molecule has 0 aliphatic heterocycles. The van der Waals surface area contributed by atoms with Crippen LogP contribution in [0.25, 0.3) is 16.9 Å². The molecule has 0 spiro atoms. The maximum Gasteiger partial charge on any atom is 0.433 e. The second-order valence-electron chi connectivity index (χ2n) is 4.67. The minimum atomic E-state index is -4.52. The van der Waals surface area contributed by atoms with Crippen molar-refractivity contribution in [1.29, 1.82) is 0 Å². The monoisotopic (exact) mass is 433 g/mol. The van der Waals surface area contributed by atoms with Gasteiger partial charge in [-0.1, -0.05) is 28.1 Å². The van der Waals surface area contributed by atoms with Gasteiger partial charge in [-0.2, -0.15) is 18.3 Å². The van der Waals surface area contributed by atoms with E-state index in [-0.39, 0.29) is 11.3 Å². The molecule has 8 heteroatoms. The first-order chi connectivity index (χ1) is 10.3. The number of nitrogens with zero attached hydrogens (tertiary/aromatic N) is 3. The van der Waals surface area contributed by atoms with Gasteiger partial charge in [0.05, 0.1) is 15.9 Å². The van der Waals surface area contributed by atoms with Crippen LogP contribution in [0.3, 0.4) is 0 Å². The van der Waals surface area contributed by atoms with E-state index in [1.54, 1.807) is 31.2 Å². The molecule has 2 aromatic heterocycles. The van der Waals surface area contributed by atoms with Crippen LogP contribution in [0, 0.1) is 6.92 Å². The van der Waals surface area contributed by atoms with Gasteiger partial charge >= 0.3 is 6.18 Å². The SMILES string of the molecule is Cc1nn2c(C(F)(F)F)cc(-c3ccc(Br)cc3)nc2c1Br.